The highest BCUT2D eigenvalue weighted by molar-refractivity contribution is 6.13. The van der Waals surface area contributed by atoms with Crippen LogP contribution in [0, 0.1) is 11.3 Å². The average Bonchev–Trinajstić information content (AvgIpc) is 3.77. The number of benzene rings is 6. The van der Waals surface area contributed by atoms with Crippen LogP contribution in [0.5, 0.6) is 0 Å². The monoisotopic (exact) mass is 801 g/mol. The Morgan fingerprint density at radius 1 is 0.450 bits per heavy atom. The van der Waals surface area contributed by atoms with Gasteiger partial charge in [0.25, 0.3) is 0 Å². The lowest BCUT2D eigenvalue weighted by atomic mass is 9.89. The molecule has 0 unspecified atom stereocenters. The predicted octanol–water partition coefficient (Wildman–Crippen LogP) is 12.4. The summed E-state index contributed by atoms with van der Waals surface area (Å²) in [6.07, 6.45) is -3.88. The number of nitriles is 1. The third-order valence-corrected chi connectivity index (χ3v) is 10.7. The van der Waals surface area contributed by atoms with Crippen molar-refractivity contribution in [1.82, 2.24) is 29.1 Å². The number of alkyl halides is 6. The van der Waals surface area contributed by atoms with E-state index in [1.807, 2.05) is 94.1 Å². The van der Waals surface area contributed by atoms with Crippen molar-refractivity contribution in [3.8, 4) is 51.3 Å². The zero-order chi connectivity index (χ0) is 41.3. The Hall–Kier alpha value is -7.85. The summed E-state index contributed by atoms with van der Waals surface area (Å²) in [4.78, 5) is 17.7. The first-order chi connectivity index (χ1) is 29.0. The Kier molecular flexibility index (Phi) is 8.29. The zero-order valence-corrected chi connectivity index (χ0v) is 30.8. The third kappa shape index (κ3) is 5.83. The minimum absolute atomic E-state index is 0.224. The highest BCUT2D eigenvalue weighted by Crippen LogP contribution is 2.48. The SMILES string of the molecule is N#Cc1cc(-n2c3ccccc3c3cc(-c4ncccn4)ccc32)c(-n2c3ccccc3c3cc(-c4ncccn4)ccc32)cc1-c1c(C(F)(F)F)cccc1C(F)(F)F. The van der Waals surface area contributed by atoms with Gasteiger partial charge in [0, 0.05) is 68.6 Å². The molecule has 0 N–H and O–H groups in total. The number of fused-ring (bicyclic) bond motifs is 6. The van der Waals surface area contributed by atoms with Crippen LogP contribution in [0.1, 0.15) is 16.7 Å². The summed E-state index contributed by atoms with van der Waals surface area (Å²) < 4.78 is 92.7. The smallest absolute Gasteiger partial charge is 0.307 e. The van der Waals surface area contributed by atoms with Crippen molar-refractivity contribution in [2.75, 3.05) is 0 Å². The van der Waals surface area contributed by atoms with Crippen molar-refractivity contribution in [2.24, 2.45) is 0 Å². The summed E-state index contributed by atoms with van der Waals surface area (Å²) in [6, 6.07) is 36.0. The molecule has 4 heterocycles. The van der Waals surface area contributed by atoms with E-state index in [2.05, 4.69) is 19.9 Å². The second-order valence-electron chi connectivity index (χ2n) is 14.0. The lowest BCUT2D eigenvalue weighted by Crippen LogP contribution is -2.15. The quantitative estimate of drug-likeness (QED) is 0.162. The summed E-state index contributed by atoms with van der Waals surface area (Å²) in [5.41, 5.74) is -0.575. The topological polar surface area (TPSA) is 85.2 Å². The first kappa shape index (κ1) is 36.5. The molecule has 60 heavy (non-hydrogen) atoms. The van der Waals surface area contributed by atoms with Gasteiger partial charge < -0.3 is 9.13 Å². The highest BCUT2D eigenvalue weighted by Gasteiger charge is 2.42. The van der Waals surface area contributed by atoms with Gasteiger partial charge in [-0.15, -0.1) is 0 Å². The van der Waals surface area contributed by atoms with E-state index in [4.69, 9.17) is 0 Å². The predicted molar refractivity (Wildman–Crippen MR) is 217 cm³/mol. The number of para-hydroxylation sites is 2. The fraction of sp³-hybridized carbons (Fsp3) is 0.0426. The molecule has 290 valence electrons. The molecule has 0 bridgehead atoms. The Morgan fingerprint density at radius 3 is 1.33 bits per heavy atom. The molecule has 0 spiro atoms. The van der Waals surface area contributed by atoms with Gasteiger partial charge in [-0.2, -0.15) is 31.6 Å². The van der Waals surface area contributed by atoms with Crippen LogP contribution in [0.25, 0.3) is 88.9 Å². The van der Waals surface area contributed by atoms with Gasteiger partial charge >= 0.3 is 12.4 Å². The standard InChI is InChI=1S/C47H25F6N7/c48-46(49,50)35-10-5-11-36(47(51,52)53)43(35)32-25-42(60-38-13-4-2-9-31(38)34-23-28(15-17-40(34)60)45-57-20-7-21-58-45)41(24-29(32)26-54)59-37-12-3-1-8-30(37)33-22-27(14-16-39(33)59)44-55-18-6-19-56-44/h1-25H. The van der Waals surface area contributed by atoms with Gasteiger partial charge in [-0.1, -0.05) is 42.5 Å². The second kappa shape index (κ2) is 13.6. The van der Waals surface area contributed by atoms with Gasteiger partial charge in [0.05, 0.1) is 56.2 Å². The van der Waals surface area contributed by atoms with Crippen LogP contribution in [0.4, 0.5) is 26.3 Å². The summed E-state index contributed by atoms with van der Waals surface area (Å²) in [6.45, 7) is 0. The molecule has 13 heteroatoms. The fourth-order valence-electron chi connectivity index (χ4n) is 8.19. The van der Waals surface area contributed by atoms with Gasteiger partial charge in [0.15, 0.2) is 11.6 Å². The molecule has 0 aliphatic carbocycles. The maximum Gasteiger partial charge on any atom is 0.417 e. The zero-order valence-electron chi connectivity index (χ0n) is 30.8. The van der Waals surface area contributed by atoms with Gasteiger partial charge in [0.2, 0.25) is 0 Å². The van der Waals surface area contributed by atoms with Crippen LogP contribution in [-0.2, 0) is 12.4 Å². The second-order valence-corrected chi connectivity index (χ2v) is 14.0. The van der Waals surface area contributed by atoms with E-state index >= 15 is 0 Å². The lowest BCUT2D eigenvalue weighted by Gasteiger charge is -2.23. The minimum Gasteiger partial charge on any atom is -0.307 e. The van der Waals surface area contributed by atoms with Crippen LogP contribution in [0.2, 0.25) is 0 Å². The van der Waals surface area contributed by atoms with E-state index < -0.39 is 34.6 Å². The highest BCUT2D eigenvalue weighted by atomic mass is 19.4. The largest absolute Gasteiger partial charge is 0.417 e. The van der Waals surface area contributed by atoms with Crippen LogP contribution >= 0.6 is 0 Å². The van der Waals surface area contributed by atoms with Gasteiger partial charge in [-0.3, -0.25) is 0 Å². The Labute approximate surface area is 336 Å². The van der Waals surface area contributed by atoms with E-state index in [1.165, 1.54) is 12.1 Å². The number of nitrogens with zero attached hydrogens (tertiary/aromatic N) is 7. The normalized spacial score (nSPS) is 12.2. The van der Waals surface area contributed by atoms with Crippen LogP contribution in [0.15, 0.2) is 152 Å². The van der Waals surface area contributed by atoms with Crippen molar-refractivity contribution >= 4 is 43.6 Å². The lowest BCUT2D eigenvalue weighted by molar-refractivity contribution is -0.142. The maximum atomic E-state index is 14.8. The summed E-state index contributed by atoms with van der Waals surface area (Å²) in [5.74, 6) is 0.953. The molecular weight excluding hydrogens is 777 g/mol. The molecule has 0 radical (unpaired) electrons. The Morgan fingerprint density at radius 2 is 0.883 bits per heavy atom. The molecule has 0 atom stereocenters. The van der Waals surface area contributed by atoms with Gasteiger partial charge in [0.1, 0.15) is 0 Å². The van der Waals surface area contributed by atoms with E-state index in [0.717, 1.165) is 33.2 Å². The molecule has 10 aromatic rings. The Bertz CT molecular complexity index is 3330. The number of rotatable bonds is 5. The molecule has 10 rings (SSSR count). The molecule has 7 nitrogen and oxygen atoms in total. The van der Waals surface area contributed by atoms with Crippen molar-refractivity contribution in [1.29, 1.82) is 5.26 Å². The molecule has 0 saturated heterocycles. The fourth-order valence-corrected chi connectivity index (χ4v) is 8.19. The molecule has 4 aromatic heterocycles. The summed E-state index contributed by atoms with van der Waals surface area (Å²) in [5, 5.41) is 13.8. The van der Waals surface area contributed by atoms with Gasteiger partial charge in [-0.05, 0) is 84.9 Å². The first-order valence-corrected chi connectivity index (χ1v) is 18.5. The summed E-state index contributed by atoms with van der Waals surface area (Å²) >= 11 is 0. The third-order valence-electron chi connectivity index (χ3n) is 10.7. The summed E-state index contributed by atoms with van der Waals surface area (Å²) in [7, 11) is 0. The molecule has 0 aliphatic rings. The molecule has 0 aliphatic heterocycles. The maximum absolute atomic E-state index is 14.8. The number of halogens is 6. The van der Waals surface area contributed by atoms with Crippen molar-refractivity contribution < 1.29 is 26.3 Å². The molecule has 0 amide bonds. The Balaban J connectivity index is 1.37. The number of aromatic nitrogens is 6. The van der Waals surface area contributed by atoms with Gasteiger partial charge in [-0.25, -0.2) is 19.9 Å². The van der Waals surface area contributed by atoms with E-state index in [1.54, 1.807) is 43.0 Å². The first-order valence-electron chi connectivity index (χ1n) is 18.5. The molecule has 0 fully saturated rings. The van der Waals surface area contributed by atoms with Crippen molar-refractivity contribution in [3.05, 3.63) is 169 Å². The van der Waals surface area contributed by atoms with Crippen LogP contribution < -0.4 is 0 Å². The number of hydrogen-bond donors (Lipinski definition) is 0. The van der Waals surface area contributed by atoms with E-state index in [0.29, 0.717) is 57.1 Å². The number of hydrogen-bond acceptors (Lipinski definition) is 5. The van der Waals surface area contributed by atoms with Crippen molar-refractivity contribution in [3.63, 3.8) is 0 Å². The average molecular weight is 802 g/mol. The minimum atomic E-state index is -5.20. The molecule has 6 aromatic carbocycles. The molecule has 0 saturated carbocycles. The van der Waals surface area contributed by atoms with E-state index in [9.17, 15) is 31.6 Å². The molecular formula is C47H25F6N7. The van der Waals surface area contributed by atoms with Crippen molar-refractivity contribution in [2.45, 2.75) is 12.4 Å². The van der Waals surface area contributed by atoms with E-state index in [-0.39, 0.29) is 11.3 Å². The van der Waals surface area contributed by atoms with Crippen LogP contribution in [0.3, 0.4) is 0 Å². The van der Waals surface area contributed by atoms with Crippen LogP contribution in [-0.4, -0.2) is 29.1 Å².